The molecule has 1 rings (SSSR count). The number of methoxy groups -OCH3 is 1. The maximum Gasteiger partial charge on any atom is 0.239 e. The molecule has 9 heteroatoms. The van der Waals surface area contributed by atoms with Crippen LogP contribution in [0.5, 0.6) is 0 Å². The van der Waals surface area contributed by atoms with Gasteiger partial charge in [-0.25, -0.2) is 8.42 Å². The second kappa shape index (κ2) is 8.69. The van der Waals surface area contributed by atoms with Crippen LogP contribution in [0.2, 0.25) is 10.0 Å². The van der Waals surface area contributed by atoms with E-state index in [0.29, 0.717) is 28.8 Å². The van der Waals surface area contributed by atoms with E-state index in [-0.39, 0.29) is 13.1 Å². The molecule has 1 amide bonds. The fraction of sp³-hybridized carbons (Fsp3) is 0.462. The summed E-state index contributed by atoms with van der Waals surface area (Å²) in [5.41, 5.74) is 0.449. The van der Waals surface area contributed by atoms with E-state index < -0.39 is 15.9 Å². The van der Waals surface area contributed by atoms with Gasteiger partial charge in [-0.1, -0.05) is 23.2 Å². The number of benzene rings is 1. The number of ether oxygens (including phenoxy) is 1. The Morgan fingerprint density at radius 1 is 1.32 bits per heavy atom. The first-order chi connectivity index (χ1) is 10.2. The van der Waals surface area contributed by atoms with E-state index in [0.717, 1.165) is 10.6 Å². The Morgan fingerprint density at radius 2 is 2.00 bits per heavy atom. The average molecular weight is 369 g/mol. The van der Waals surface area contributed by atoms with Gasteiger partial charge < -0.3 is 10.1 Å². The number of carbonyl (C=O) groups excluding carboxylic acids is 1. The van der Waals surface area contributed by atoms with Gasteiger partial charge in [0.25, 0.3) is 0 Å². The van der Waals surface area contributed by atoms with Crippen LogP contribution in [0.15, 0.2) is 18.2 Å². The number of halogens is 2. The van der Waals surface area contributed by atoms with Gasteiger partial charge in [-0.15, -0.1) is 0 Å². The lowest BCUT2D eigenvalue weighted by Gasteiger charge is -2.19. The molecule has 124 valence electrons. The third-order valence-corrected chi connectivity index (χ3v) is 4.74. The van der Waals surface area contributed by atoms with Crippen molar-refractivity contribution in [3.8, 4) is 0 Å². The topological polar surface area (TPSA) is 75.7 Å². The number of hydrogen-bond donors (Lipinski definition) is 1. The molecule has 1 aromatic carbocycles. The normalized spacial score (nSPS) is 11.7. The van der Waals surface area contributed by atoms with Gasteiger partial charge in [-0.2, -0.15) is 4.31 Å². The summed E-state index contributed by atoms with van der Waals surface area (Å²) >= 11 is 11.6. The van der Waals surface area contributed by atoms with Gasteiger partial charge in [0.1, 0.15) is 0 Å². The predicted octanol–water partition coefficient (Wildman–Crippen LogP) is 2.23. The molecule has 0 spiro atoms. The number of nitrogens with zero attached hydrogens (tertiary/aromatic N) is 1. The molecule has 1 N–H and O–H groups in total. The monoisotopic (exact) mass is 368 g/mol. The van der Waals surface area contributed by atoms with Crippen LogP contribution in [0, 0.1) is 0 Å². The van der Waals surface area contributed by atoms with E-state index >= 15 is 0 Å². The standard InChI is InChI=1S/C13H18Cl2N2O4S/c1-21-7-3-6-17(22(2,19)20)9-13(18)16-10-4-5-11(14)12(15)8-10/h4-5,8H,3,6-7,9H2,1-2H3,(H,16,18). The van der Waals surface area contributed by atoms with Crippen molar-refractivity contribution in [2.45, 2.75) is 6.42 Å². The third-order valence-electron chi connectivity index (χ3n) is 2.75. The second-order valence-corrected chi connectivity index (χ2v) is 7.42. The van der Waals surface area contributed by atoms with Crippen LogP contribution in [0.4, 0.5) is 5.69 Å². The van der Waals surface area contributed by atoms with Gasteiger partial charge in [-0.3, -0.25) is 4.79 Å². The second-order valence-electron chi connectivity index (χ2n) is 4.62. The van der Waals surface area contributed by atoms with Gasteiger partial charge >= 0.3 is 0 Å². The van der Waals surface area contributed by atoms with Gasteiger partial charge in [0.05, 0.1) is 22.8 Å². The SMILES string of the molecule is COCCCN(CC(=O)Nc1ccc(Cl)c(Cl)c1)S(C)(=O)=O. The van der Waals surface area contributed by atoms with Crippen molar-refractivity contribution in [1.29, 1.82) is 0 Å². The molecule has 6 nitrogen and oxygen atoms in total. The summed E-state index contributed by atoms with van der Waals surface area (Å²) in [6.45, 7) is 0.352. The number of nitrogens with one attached hydrogen (secondary N) is 1. The van der Waals surface area contributed by atoms with Gasteiger partial charge in [0, 0.05) is 25.9 Å². The predicted molar refractivity (Wildman–Crippen MR) is 88.0 cm³/mol. The molecule has 0 unspecified atom stereocenters. The summed E-state index contributed by atoms with van der Waals surface area (Å²) in [4.78, 5) is 12.0. The van der Waals surface area contributed by atoms with E-state index in [1.54, 1.807) is 12.1 Å². The minimum absolute atomic E-state index is 0.210. The molecule has 0 saturated heterocycles. The zero-order chi connectivity index (χ0) is 16.8. The van der Waals surface area contributed by atoms with Crippen molar-refractivity contribution in [2.24, 2.45) is 0 Å². The maximum atomic E-state index is 12.0. The smallest absolute Gasteiger partial charge is 0.239 e. The Kier molecular flexibility index (Phi) is 7.58. The Bertz CT molecular complexity index is 622. The molecule has 0 aliphatic carbocycles. The van der Waals surface area contributed by atoms with Crippen molar-refractivity contribution in [2.75, 3.05) is 38.4 Å². The van der Waals surface area contributed by atoms with E-state index in [2.05, 4.69) is 5.32 Å². The lowest BCUT2D eigenvalue weighted by atomic mass is 10.3. The minimum Gasteiger partial charge on any atom is -0.385 e. The van der Waals surface area contributed by atoms with Crippen molar-refractivity contribution < 1.29 is 17.9 Å². The summed E-state index contributed by atoms with van der Waals surface area (Å²) < 4.78 is 29.3. The highest BCUT2D eigenvalue weighted by Crippen LogP contribution is 2.24. The van der Waals surface area contributed by atoms with Crippen LogP contribution in [-0.4, -0.2) is 51.7 Å². The molecule has 0 radical (unpaired) electrons. The molecule has 22 heavy (non-hydrogen) atoms. The Balaban J connectivity index is 2.68. The van der Waals surface area contributed by atoms with E-state index in [1.165, 1.54) is 13.2 Å². The van der Waals surface area contributed by atoms with Crippen molar-refractivity contribution in [3.63, 3.8) is 0 Å². The van der Waals surface area contributed by atoms with Crippen molar-refractivity contribution in [3.05, 3.63) is 28.2 Å². The molecule has 0 aliphatic heterocycles. The largest absolute Gasteiger partial charge is 0.385 e. The third kappa shape index (κ3) is 6.50. The van der Waals surface area contributed by atoms with Crippen LogP contribution >= 0.6 is 23.2 Å². The first kappa shape index (κ1) is 19.2. The van der Waals surface area contributed by atoms with Crippen molar-refractivity contribution in [1.82, 2.24) is 4.31 Å². The number of hydrogen-bond acceptors (Lipinski definition) is 4. The fourth-order valence-electron chi connectivity index (χ4n) is 1.68. The quantitative estimate of drug-likeness (QED) is 0.713. The van der Waals surface area contributed by atoms with Crippen LogP contribution < -0.4 is 5.32 Å². The number of anilines is 1. The molecule has 1 aromatic rings. The van der Waals surface area contributed by atoms with Gasteiger partial charge in [-0.05, 0) is 24.6 Å². The Hall–Kier alpha value is -0.860. The number of rotatable bonds is 8. The molecule has 0 fully saturated rings. The zero-order valence-corrected chi connectivity index (χ0v) is 14.6. The highest BCUT2D eigenvalue weighted by atomic mass is 35.5. The Morgan fingerprint density at radius 3 is 2.55 bits per heavy atom. The number of amides is 1. The van der Waals surface area contributed by atoms with Crippen LogP contribution in [0.3, 0.4) is 0 Å². The van der Waals surface area contributed by atoms with E-state index in [9.17, 15) is 13.2 Å². The highest BCUT2D eigenvalue weighted by Gasteiger charge is 2.19. The molecule has 0 atom stereocenters. The number of carbonyl (C=O) groups is 1. The van der Waals surface area contributed by atoms with Crippen LogP contribution in [-0.2, 0) is 19.6 Å². The average Bonchev–Trinajstić information content (AvgIpc) is 2.41. The highest BCUT2D eigenvalue weighted by molar-refractivity contribution is 7.88. The lowest BCUT2D eigenvalue weighted by molar-refractivity contribution is -0.116. The first-order valence-corrected chi connectivity index (χ1v) is 9.03. The van der Waals surface area contributed by atoms with Crippen LogP contribution in [0.1, 0.15) is 6.42 Å². The summed E-state index contributed by atoms with van der Waals surface area (Å²) in [7, 11) is -1.95. The molecular weight excluding hydrogens is 351 g/mol. The molecule has 0 aliphatic rings. The van der Waals surface area contributed by atoms with Crippen molar-refractivity contribution >= 4 is 44.8 Å². The fourth-order valence-corrected chi connectivity index (χ4v) is 2.79. The van der Waals surface area contributed by atoms with Gasteiger partial charge in [0.15, 0.2) is 0 Å². The van der Waals surface area contributed by atoms with E-state index in [4.69, 9.17) is 27.9 Å². The molecule has 0 aromatic heterocycles. The summed E-state index contributed by atoms with van der Waals surface area (Å²) in [6.07, 6.45) is 1.57. The minimum atomic E-state index is -3.48. The molecular formula is C13H18Cl2N2O4S. The van der Waals surface area contributed by atoms with E-state index in [1.807, 2.05) is 0 Å². The molecule has 0 saturated carbocycles. The summed E-state index contributed by atoms with van der Waals surface area (Å²) in [5, 5.41) is 3.26. The Labute approximate surface area is 140 Å². The lowest BCUT2D eigenvalue weighted by Crippen LogP contribution is -2.38. The zero-order valence-electron chi connectivity index (χ0n) is 12.3. The molecule has 0 heterocycles. The van der Waals surface area contributed by atoms with Crippen LogP contribution in [0.25, 0.3) is 0 Å². The number of sulfonamides is 1. The first-order valence-electron chi connectivity index (χ1n) is 6.43. The summed E-state index contributed by atoms with van der Waals surface area (Å²) in [5.74, 6) is -0.457. The maximum absolute atomic E-state index is 12.0. The van der Waals surface area contributed by atoms with Gasteiger partial charge in [0.2, 0.25) is 15.9 Å². The summed E-state index contributed by atoms with van der Waals surface area (Å²) in [6, 6.07) is 4.63. The molecule has 0 bridgehead atoms.